The number of amides is 1. The summed E-state index contributed by atoms with van der Waals surface area (Å²) >= 11 is 10.9. The van der Waals surface area contributed by atoms with Crippen molar-refractivity contribution in [1.82, 2.24) is 15.1 Å². The molecule has 2 aromatic heterocycles. The molecule has 0 bridgehead atoms. The SMILES string of the molecule is CC(c1ccc(CC(=O)Nc2cc(Cl)c(C3(c4noc(C5CC(F)(F)C5)n4)CC3)c(Cl)c2)nc1)S(=O)[O-]. The lowest BCUT2D eigenvalue weighted by molar-refractivity contribution is -0.115. The average Bonchev–Trinajstić information content (AvgIpc) is 3.43. The molecule has 2 atom stereocenters. The number of pyridine rings is 1. The van der Waals surface area contributed by atoms with E-state index in [1.165, 1.54) is 6.20 Å². The van der Waals surface area contributed by atoms with Gasteiger partial charge in [0.25, 0.3) is 0 Å². The van der Waals surface area contributed by atoms with E-state index in [-0.39, 0.29) is 31.1 Å². The van der Waals surface area contributed by atoms with Crippen LogP contribution in [0.4, 0.5) is 14.5 Å². The molecule has 8 nitrogen and oxygen atoms in total. The van der Waals surface area contributed by atoms with Crippen molar-refractivity contribution >= 4 is 45.9 Å². The summed E-state index contributed by atoms with van der Waals surface area (Å²) in [6, 6.07) is 6.38. The molecule has 2 heterocycles. The van der Waals surface area contributed by atoms with Crippen LogP contribution in [-0.2, 0) is 27.7 Å². The lowest BCUT2D eigenvalue weighted by atomic mass is 9.81. The number of carbonyl (C=O) groups is 1. The predicted octanol–water partition coefficient (Wildman–Crippen LogP) is 5.49. The molecule has 2 saturated carbocycles. The number of aromatic nitrogens is 3. The minimum absolute atomic E-state index is 0.0398. The zero-order valence-corrected chi connectivity index (χ0v) is 21.8. The van der Waals surface area contributed by atoms with Crippen molar-refractivity contribution in [3.63, 3.8) is 0 Å². The molecule has 3 aromatic rings. The number of hydrogen-bond acceptors (Lipinski definition) is 7. The first kappa shape index (κ1) is 26.1. The smallest absolute Gasteiger partial charge is 0.249 e. The van der Waals surface area contributed by atoms with Gasteiger partial charge >= 0.3 is 0 Å². The number of rotatable bonds is 8. The number of anilines is 1. The fourth-order valence-corrected chi connectivity index (χ4v) is 5.72. The Morgan fingerprint density at radius 2 is 1.95 bits per heavy atom. The number of benzene rings is 1. The number of alkyl halides is 2. The predicted molar refractivity (Wildman–Crippen MR) is 132 cm³/mol. The van der Waals surface area contributed by atoms with Crippen molar-refractivity contribution in [3.8, 4) is 0 Å². The molecule has 0 saturated heterocycles. The first-order valence-electron chi connectivity index (χ1n) is 11.5. The van der Waals surface area contributed by atoms with Crippen molar-refractivity contribution in [3.05, 3.63) is 69.0 Å². The molecule has 2 aliphatic carbocycles. The van der Waals surface area contributed by atoms with E-state index in [9.17, 15) is 22.3 Å². The van der Waals surface area contributed by atoms with E-state index < -0.39 is 33.6 Å². The van der Waals surface area contributed by atoms with E-state index in [4.69, 9.17) is 27.7 Å². The van der Waals surface area contributed by atoms with Gasteiger partial charge in [-0.2, -0.15) is 4.98 Å². The van der Waals surface area contributed by atoms with Crippen LogP contribution in [0.2, 0.25) is 10.0 Å². The topological polar surface area (TPSA) is 121 Å². The van der Waals surface area contributed by atoms with Crippen molar-refractivity contribution < 1.29 is 26.9 Å². The molecule has 196 valence electrons. The molecule has 37 heavy (non-hydrogen) atoms. The van der Waals surface area contributed by atoms with Crippen LogP contribution in [0.25, 0.3) is 0 Å². The Morgan fingerprint density at radius 3 is 2.49 bits per heavy atom. The van der Waals surface area contributed by atoms with Gasteiger partial charge in [-0.15, -0.1) is 0 Å². The highest BCUT2D eigenvalue weighted by Crippen LogP contribution is 2.57. The molecule has 13 heteroatoms. The van der Waals surface area contributed by atoms with E-state index in [1.807, 2.05) is 0 Å². The van der Waals surface area contributed by atoms with Crippen molar-refractivity contribution in [2.75, 3.05) is 5.32 Å². The Labute approximate surface area is 223 Å². The third-order valence-electron chi connectivity index (χ3n) is 6.81. The molecule has 0 aliphatic heterocycles. The highest BCUT2D eigenvalue weighted by Gasteiger charge is 2.54. The van der Waals surface area contributed by atoms with Crippen molar-refractivity contribution in [1.29, 1.82) is 0 Å². The molecule has 1 N–H and O–H groups in total. The fraction of sp³-hybridized carbons (Fsp3) is 0.417. The number of nitrogens with one attached hydrogen (secondary N) is 1. The van der Waals surface area contributed by atoms with E-state index in [2.05, 4.69) is 20.4 Å². The number of carbonyl (C=O) groups excluding carboxylic acids is 1. The van der Waals surface area contributed by atoms with Crippen LogP contribution in [-0.4, -0.2) is 35.7 Å². The second-order valence-electron chi connectivity index (χ2n) is 9.52. The summed E-state index contributed by atoms with van der Waals surface area (Å²) in [5, 5.41) is 6.71. The molecule has 1 aromatic carbocycles. The maximum atomic E-state index is 13.2. The van der Waals surface area contributed by atoms with Gasteiger partial charge < -0.3 is 14.4 Å². The molecule has 2 aliphatic rings. The Morgan fingerprint density at radius 1 is 1.27 bits per heavy atom. The zero-order chi connectivity index (χ0) is 26.5. The summed E-state index contributed by atoms with van der Waals surface area (Å²) in [7, 11) is 0. The van der Waals surface area contributed by atoms with E-state index in [0.717, 1.165) is 0 Å². The third kappa shape index (κ3) is 5.27. The Kier molecular flexibility index (Phi) is 6.84. The van der Waals surface area contributed by atoms with Gasteiger partial charge in [0.15, 0.2) is 5.82 Å². The Hall–Kier alpha value is -2.47. The molecule has 2 unspecified atom stereocenters. The molecule has 0 spiro atoms. The van der Waals surface area contributed by atoms with Gasteiger partial charge in [0.2, 0.25) is 17.7 Å². The standard InChI is InChI=1S/C24H22Cl2F2N4O4S/c1-12(37(34)35)13-2-3-15(29-11-13)8-19(33)30-16-6-17(25)20(18(26)7-16)23(4-5-23)22-31-21(36-32-22)14-9-24(27,28)10-14/h2-3,6-7,11-12,14H,4-5,8-10H2,1H3,(H,30,33)(H,34,35)/p-1. The first-order chi connectivity index (χ1) is 17.5. The largest absolute Gasteiger partial charge is 0.772 e. The summed E-state index contributed by atoms with van der Waals surface area (Å²) in [6.45, 7) is 1.54. The minimum atomic E-state index is -2.69. The maximum Gasteiger partial charge on any atom is 0.249 e. The summed E-state index contributed by atoms with van der Waals surface area (Å²) in [5.74, 6) is -2.95. The molecule has 5 rings (SSSR count). The zero-order valence-electron chi connectivity index (χ0n) is 19.5. The first-order valence-corrected chi connectivity index (χ1v) is 13.4. The molecule has 1 amide bonds. The van der Waals surface area contributed by atoms with Gasteiger partial charge in [0, 0.05) is 57.2 Å². The normalized spacial score (nSPS) is 19.6. The van der Waals surface area contributed by atoms with E-state index in [0.29, 0.717) is 51.2 Å². The molecule has 0 radical (unpaired) electrons. The summed E-state index contributed by atoms with van der Waals surface area (Å²) in [4.78, 5) is 21.1. The van der Waals surface area contributed by atoms with Gasteiger partial charge in [0.05, 0.1) is 11.8 Å². The number of halogens is 4. The molecular formula is C24H21Cl2F2N4O4S-. The van der Waals surface area contributed by atoms with Crippen LogP contribution < -0.4 is 5.32 Å². The Balaban J connectivity index is 1.28. The third-order valence-corrected chi connectivity index (χ3v) is 8.26. The monoisotopic (exact) mass is 569 g/mol. The quantitative estimate of drug-likeness (QED) is 0.356. The minimum Gasteiger partial charge on any atom is -0.772 e. The van der Waals surface area contributed by atoms with Crippen molar-refractivity contribution in [2.24, 2.45) is 0 Å². The van der Waals surface area contributed by atoms with E-state index in [1.54, 1.807) is 31.2 Å². The highest BCUT2D eigenvalue weighted by molar-refractivity contribution is 7.79. The molecular weight excluding hydrogens is 549 g/mol. The number of hydrogen-bond donors (Lipinski definition) is 1. The van der Waals surface area contributed by atoms with Gasteiger partial charge in [0.1, 0.15) is 0 Å². The Bertz CT molecular complexity index is 1350. The van der Waals surface area contributed by atoms with Crippen LogP contribution in [0.1, 0.15) is 72.3 Å². The van der Waals surface area contributed by atoms with Gasteiger partial charge in [-0.1, -0.05) is 34.4 Å². The van der Waals surface area contributed by atoms with E-state index >= 15 is 0 Å². The maximum absolute atomic E-state index is 13.2. The van der Waals surface area contributed by atoms with Crippen LogP contribution in [0.3, 0.4) is 0 Å². The lowest BCUT2D eigenvalue weighted by Crippen LogP contribution is -2.33. The second kappa shape index (κ2) is 9.68. The van der Waals surface area contributed by atoms with Gasteiger partial charge in [-0.05, 0) is 54.6 Å². The number of nitrogens with zero attached hydrogens (tertiary/aromatic N) is 3. The van der Waals surface area contributed by atoms with Crippen LogP contribution in [0.15, 0.2) is 35.0 Å². The molecule has 2 fully saturated rings. The van der Waals surface area contributed by atoms with Crippen LogP contribution in [0, 0.1) is 0 Å². The average molecular weight is 570 g/mol. The lowest BCUT2D eigenvalue weighted by Gasteiger charge is -2.32. The summed E-state index contributed by atoms with van der Waals surface area (Å²) < 4.78 is 54.0. The van der Waals surface area contributed by atoms with Crippen molar-refractivity contribution in [2.45, 2.75) is 61.5 Å². The summed E-state index contributed by atoms with van der Waals surface area (Å²) in [6.07, 6.45) is 2.10. The van der Waals surface area contributed by atoms with Gasteiger partial charge in [-0.3, -0.25) is 14.0 Å². The highest BCUT2D eigenvalue weighted by atomic mass is 35.5. The van der Waals surface area contributed by atoms with Crippen LogP contribution >= 0.6 is 23.2 Å². The van der Waals surface area contributed by atoms with Crippen LogP contribution in [0.5, 0.6) is 0 Å². The second-order valence-corrected chi connectivity index (χ2v) is 11.6. The fourth-order valence-electron chi connectivity index (χ4n) is 4.51. The van der Waals surface area contributed by atoms with Gasteiger partial charge in [-0.25, -0.2) is 8.78 Å². The summed E-state index contributed by atoms with van der Waals surface area (Å²) in [5.41, 5.74) is 1.31.